The van der Waals surface area contributed by atoms with Crippen LogP contribution in [0.3, 0.4) is 0 Å². The Morgan fingerprint density at radius 1 is 1.32 bits per heavy atom. The van der Waals surface area contributed by atoms with E-state index in [1.165, 1.54) is 0 Å². The smallest absolute Gasteiger partial charge is 0.317 e. The van der Waals surface area contributed by atoms with Crippen molar-refractivity contribution in [3.05, 3.63) is 42.0 Å². The van der Waals surface area contributed by atoms with Crippen molar-refractivity contribution in [1.29, 1.82) is 0 Å². The van der Waals surface area contributed by atoms with Gasteiger partial charge in [0.2, 0.25) is 0 Å². The molecule has 0 saturated carbocycles. The van der Waals surface area contributed by atoms with Crippen LogP contribution < -0.4 is 0 Å². The van der Waals surface area contributed by atoms with E-state index in [-0.39, 0.29) is 5.97 Å². The van der Waals surface area contributed by atoms with Crippen molar-refractivity contribution in [2.45, 2.75) is 32.3 Å². The molecule has 4 nitrogen and oxygen atoms in total. The lowest BCUT2D eigenvalue weighted by molar-refractivity contribution is -0.151. The average Bonchev–Trinajstić information content (AvgIpc) is 2.53. The zero-order chi connectivity index (χ0) is 16.2. The Hall–Kier alpha value is -1.30. The van der Waals surface area contributed by atoms with E-state index in [0.717, 1.165) is 49.0 Å². The molecule has 0 aromatic heterocycles. The number of benzene rings is 1. The molecular formula is C17H25NO3S. The zero-order valence-corrected chi connectivity index (χ0v) is 14.2. The van der Waals surface area contributed by atoms with Crippen molar-refractivity contribution < 1.29 is 13.8 Å². The molecule has 122 valence electrons. The Balaban J connectivity index is 2.15. The van der Waals surface area contributed by atoms with Crippen LogP contribution in [-0.4, -0.2) is 30.9 Å². The summed E-state index contributed by atoms with van der Waals surface area (Å²) in [6.07, 6.45) is 6.90. The standard InChI is InChI=1S/C17H25NO3S/c1-4-15-10-7-8-11-16(15)14-20-18(2)13-9-5-6-12-17(19)21-22-3/h4,7-8,10-11H,1,5-6,9,12-14H2,2-3H3. The average molecular weight is 323 g/mol. The Bertz CT molecular complexity index is 465. The fraction of sp³-hybridized carbons (Fsp3) is 0.471. The van der Waals surface area contributed by atoms with Crippen LogP contribution in [0.1, 0.15) is 36.8 Å². The number of rotatable bonds is 11. The summed E-state index contributed by atoms with van der Waals surface area (Å²) in [4.78, 5) is 16.9. The Kier molecular flexibility index (Phi) is 9.62. The third-order valence-electron chi connectivity index (χ3n) is 3.25. The summed E-state index contributed by atoms with van der Waals surface area (Å²) in [5.74, 6) is -0.141. The van der Waals surface area contributed by atoms with Gasteiger partial charge in [-0.3, -0.25) is 9.63 Å². The molecule has 22 heavy (non-hydrogen) atoms. The summed E-state index contributed by atoms with van der Waals surface area (Å²) < 4.78 is 4.81. The van der Waals surface area contributed by atoms with E-state index in [4.69, 9.17) is 9.02 Å². The van der Waals surface area contributed by atoms with Crippen LogP contribution >= 0.6 is 12.0 Å². The lowest BCUT2D eigenvalue weighted by Gasteiger charge is -2.17. The van der Waals surface area contributed by atoms with Crippen LogP contribution in [0, 0.1) is 0 Å². The van der Waals surface area contributed by atoms with Gasteiger partial charge in [-0.2, -0.15) is 5.06 Å². The van der Waals surface area contributed by atoms with Crippen LogP contribution in [0.25, 0.3) is 6.08 Å². The van der Waals surface area contributed by atoms with Crippen LogP contribution in [0.2, 0.25) is 0 Å². The second-order valence-electron chi connectivity index (χ2n) is 4.96. The Labute approximate surface area is 137 Å². The summed E-state index contributed by atoms with van der Waals surface area (Å²) in [5, 5.41) is 1.85. The van der Waals surface area contributed by atoms with Gasteiger partial charge < -0.3 is 4.18 Å². The predicted octanol–water partition coefficient (Wildman–Crippen LogP) is 4.07. The fourth-order valence-corrected chi connectivity index (χ4v) is 2.29. The molecule has 0 aliphatic carbocycles. The highest BCUT2D eigenvalue weighted by molar-refractivity contribution is 7.94. The van der Waals surface area contributed by atoms with Crippen LogP contribution in [-0.2, 0) is 20.4 Å². The topological polar surface area (TPSA) is 38.8 Å². The minimum Gasteiger partial charge on any atom is -0.392 e. The Morgan fingerprint density at radius 3 is 2.82 bits per heavy atom. The van der Waals surface area contributed by atoms with E-state index >= 15 is 0 Å². The maximum Gasteiger partial charge on any atom is 0.317 e. The third-order valence-corrected chi connectivity index (χ3v) is 3.60. The molecule has 5 heteroatoms. The molecule has 0 spiro atoms. The van der Waals surface area contributed by atoms with Gasteiger partial charge in [-0.1, -0.05) is 43.3 Å². The first-order chi connectivity index (χ1) is 10.7. The van der Waals surface area contributed by atoms with E-state index in [1.807, 2.05) is 42.5 Å². The molecule has 0 N–H and O–H groups in total. The summed E-state index contributed by atoms with van der Waals surface area (Å²) in [6.45, 7) is 5.19. The van der Waals surface area contributed by atoms with E-state index in [0.29, 0.717) is 13.0 Å². The first kappa shape index (κ1) is 18.7. The van der Waals surface area contributed by atoms with Crippen LogP contribution in [0.5, 0.6) is 0 Å². The molecule has 0 radical (unpaired) electrons. The predicted molar refractivity (Wildman–Crippen MR) is 92.0 cm³/mol. The summed E-state index contributed by atoms with van der Waals surface area (Å²) in [5.41, 5.74) is 2.23. The number of unbranched alkanes of at least 4 members (excludes halogenated alkanes) is 2. The minimum absolute atomic E-state index is 0.141. The maximum atomic E-state index is 11.2. The summed E-state index contributed by atoms with van der Waals surface area (Å²) >= 11 is 1.10. The number of carbonyl (C=O) groups excluding carboxylic acids is 1. The second kappa shape index (κ2) is 11.3. The minimum atomic E-state index is -0.141. The van der Waals surface area contributed by atoms with Gasteiger partial charge in [0, 0.05) is 26.3 Å². The molecule has 0 bridgehead atoms. The van der Waals surface area contributed by atoms with Crippen molar-refractivity contribution in [1.82, 2.24) is 5.06 Å². The number of hydroxylamine groups is 2. The second-order valence-corrected chi connectivity index (χ2v) is 5.46. The Morgan fingerprint density at radius 2 is 2.09 bits per heavy atom. The molecule has 0 fully saturated rings. The van der Waals surface area contributed by atoms with Gasteiger partial charge in [-0.05, 0) is 24.0 Å². The van der Waals surface area contributed by atoms with Gasteiger partial charge in [0.25, 0.3) is 0 Å². The van der Waals surface area contributed by atoms with Gasteiger partial charge in [-0.25, -0.2) is 0 Å². The zero-order valence-electron chi connectivity index (χ0n) is 13.4. The molecule has 1 aromatic rings. The molecule has 0 aliphatic rings. The molecule has 0 amide bonds. The largest absolute Gasteiger partial charge is 0.392 e. The van der Waals surface area contributed by atoms with E-state index < -0.39 is 0 Å². The van der Waals surface area contributed by atoms with Crippen molar-refractivity contribution in [2.24, 2.45) is 0 Å². The number of carbonyl (C=O) groups is 1. The summed E-state index contributed by atoms with van der Waals surface area (Å²) in [7, 11) is 1.93. The van der Waals surface area contributed by atoms with E-state index in [9.17, 15) is 4.79 Å². The monoisotopic (exact) mass is 323 g/mol. The first-order valence-corrected chi connectivity index (χ1v) is 8.60. The molecule has 0 heterocycles. The van der Waals surface area contributed by atoms with E-state index in [1.54, 1.807) is 6.26 Å². The molecule has 0 saturated heterocycles. The fourth-order valence-electron chi connectivity index (χ4n) is 2.02. The van der Waals surface area contributed by atoms with Gasteiger partial charge in [0.1, 0.15) is 0 Å². The number of hydrogen-bond donors (Lipinski definition) is 0. The molecule has 1 aromatic carbocycles. The normalized spacial score (nSPS) is 10.7. The number of nitrogens with zero attached hydrogens (tertiary/aromatic N) is 1. The van der Waals surface area contributed by atoms with Crippen molar-refractivity contribution in [3.63, 3.8) is 0 Å². The molecule has 0 atom stereocenters. The molecule has 0 unspecified atom stereocenters. The molecular weight excluding hydrogens is 298 g/mol. The van der Waals surface area contributed by atoms with Gasteiger partial charge in [0.15, 0.2) is 0 Å². The quantitative estimate of drug-likeness (QED) is 0.349. The molecule has 0 aliphatic heterocycles. The highest BCUT2D eigenvalue weighted by Crippen LogP contribution is 2.12. The van der Waals surface area contributed by atoms with Gasteiger partial charge >= 0.3 is 5.97 Å². The summed E-state index contributed by atoms with van der Waals surface area (Å²) in [6, 6.07) is 8.06. The van der Waals surface area contributed by atoms with Crippen LogP contribution in [0.4, 0.5) is 0 Å². The first-order valence-electron chi connectivity index (χ1n) is 7.45. The lowest BCUT2D eigenvalue weighted by atomic mass is 10.1. The maximum absolute atomic E-state index is 11.2. The van der Waals surface area contributed by atoms with Crippen molar-refractivity contribution in [3.8, 4) is 0 Å². The number of hydrogen-bond acceptors (Lipinski definition) is 5. The highest BCUT2D eigenvalue weighted by atomic mass is 32.2. The van der Waals surface area contributed by atoms with Gasteiger partial charge in [0.05, 0.1) is 18.6 Å². The third kappa shape index (κ3) is 7.64. The lowest BCUT2D eigenvalue weighted by Crippen LogP contribution is -2.20. The highest BCUT2D eigenvalue weighted by Gasteiger charge is 2.04. The molecule has 1 rings (SSSR count). The van der Waals surface area contributed by atoms with Crippen molar-refractivity contribution in [2.75, 3.05) is 19.8 Å². The SMILES string of the molecule is C=Cc1ccccc1CON(C)CCCCCC(=O)OSC. The van der Waals surface area contributed by atoms with Crippen LogP contribution in [0.15, 0.2) is 30.8 Å². The van der Waals surface area contributed by atoms with E-state index in [2.05, 4.69) is 6.58 Å². The van der Waals surface area contributed by atoms with Crippen molar-refractivity contribution >= 4 is 24.1 Å². The van der Waals surface area contributed by atoms with Gasteiger partial charge in [-0.15, -0.1) is 0 Å².